The van der Waals surface area contributed by atoms with E-state index in [4.69, 9.17) is 4.74 Å². The van der Waals surface area contributed by atoms with Crippen LogP contribution < -0.4 is 5.32 Å². The molecule has 1 aliphatic rings. The number of nitrogens with zero attached hydrogens (tertiary/aromatic N) is 1. The molecule has 1 rings (SSSR count). The summed E-state index contributed by atoms with van der Waals surface area (Å²) in [5.41, 5.74) is 0. The minimum atomic E-state index is 0.403. The van der Waals surface area contributed by atoms with Crippen molar-refractivity contribution in [1.82, 2.24) is 10.2 Å². The monoisotopic (exact) mass is 228 g/mol. The van der Waals surface area contributed by atoms with Gasteiger partial charge in [0.05, 0.1) is 12.7 Å². The molecule has 3 heteroatoms. The Hall–Kier alpha value is -0.120. The summed E-state index contributed by atoms with van der Waals surface area (Å²) < 4.78 is 5.73. The minimum Gasteiger partial charge on any atom is -0.374 e. The van der Waals surface area contributed by atoms with E-state index >= 15 is 0 Å². The van der Waals surface area contributed by atoms with Crippen LogP contribution in [0.15, 0.2) is 0 Å². The minimum absolute atomic E-state index is 0.403. The normalized spacial score (nSPS) is 22.5. The maximum Gasteiger partial charge on any atom is 0.0826 e. The molecule has 16 heavy (non-hydrogen) atoms. The summed E-state index contributed by atoms with van der Waals surface area (Å²) in [7, 11) is 0. The molecule has 1 atom stereocenters. The Morgan fingerprint density at radius 3 is 2.88 bits per heavy atom. The van der Waals surface area contributed by atoms with Gasteiger partial charge in [0.1, 0.15) is 0 Å². The van der Waals surface area contributed by atoms with Crippen molar-refractivity contribution >= 4 is 0 Å². The van der Waals surface area contributed by atoms with Crippen molar-refractivity contribution in [2.24, 2.45) is 0 Å². The molecule has 1 unspecified atom stereocenters. The van der Waals surface area contributed by atoms with Crippen LogP contribution in [0.25, 0.3) is 0 Å². The zero-order chi connectivity index (χ0) is 11.6. The maximum atomic E-state index is 5.73. The molecular weight excluding hydrogens is 200 g/mol. The fourth-order valence-corrected chi connectivity index (χ4v) is 2.13. The van der Waals surface area contributed by atoms with Crippen LogP contribution in [0.3, 0.4) is 0 Å². The Morgan fingerprint density at radius 2 is 2.12 bits per heavy atom. The molecule has 1 heterocycles. The van der Waals surface area contributed by atoms with Gasteiger partial charge in [-0.15, -0.1) is 0 Å². The number of ether oxygens (including phenoxy) is 1. The molecule has 0 amide bonds. The number of unbranched alkanes of at least 4 members (excludes halogenated alkanes) is 3. The van der Waals surface area contributed by atoms with E-state index < -0.39 is 0 Å². The molecular formula is C13H28N2O. The molecule has 0 saturated carbocycles. The van der Waals surface area contributed by atoms with Crippen molar-refractivity contribution in [3.63, 3.8) is 0 Å². The SMILES string of the molecule is CCCCCCNCC1CN(CC)CCO1. The predicted molar refractivity (Wildman–Crippen MR) is 68.9 cm³/mol. The first-order valence-corrected chi connectivity index (χ1v) is 6.91. The van der Waals surface area contributed by atoms with Gasteiger partial charge < -0.3 is 10.1 Å². The smallest absolute Gasteiger partial charge is 0.0826 e. The predicted octanol–water partition coefficient (Wildman–Crippen LogP) is 1.88. The Morgan fingerprint density at radius 1 is 1.25 bits per heavy atom. The fraction of sp³-hybridized carbons (Fsp3) is 1.00. The third kappa shape index (κ3) is 5.83. The van der Waals surface area contributed by atoms with E-state index in [0.29, 0.717) is 6.10 Å². The average Bonchev–Trinajstić information content (AvgIpc) is 2.34. The van der Waals surface area contributed by atoms with Crippen LogP contribution in [0.4, 0.5) is 0 Å². The number of hydrogen-bond acceptors (Lipinski definition) is 3. The van der Waals surface area contributed by atoms with Gasteiger partial charge in [-0.3, -0.25) is 4.90 Å². The summed E-state index contributed by atoms with van der Waals surface area (Å²) in [5, 5.41) is 3.51. The van der Waals surface area contributed by atoms with Gasteiger partial charge in [-0.25, -0.2) is 0 Å². The number of hydrogen-bond donors (Lipinski definition) is 1. The number of morpholine rings is 1. The zero-order valence-corrected chi connectivity index (χ0v) is 11.0. The van der Waals surface area contributed by atoms with Gasteiger partial charge in [0.15, 0.2) is 0 Å². The van der Waals surface area contributed by atoms with Crippen molar-refractivity contribution in [2.75, 3.05) is 39.3 Å². The van der Waals surface area contributed by atoms with E-state index in [1.165, 1.54) is 25.7 Å². The summed E-state index contributed by atoms with van der Waals surface area (Å²) in [6.07, 6.45) is 5.75. The van der Waals surface area contributed by atoms with Crippen molar-refractivity contribution in [1.29, 1.82) is 0 Å². The third-order valence-corrected chi connectivity index (χ3v) is 3.25. The summed E-state index contributed by atoms with van der Waals surface area (Å²) in [4.78, 5) is 2.47. The highest BCUT2D eigenvalue weighted by Gasteiger charge is 2.18. The first-order valence-electron chi connectivity index (χ1n) is 6.91. The zero-order valence-electron chi connectivity index (χ0n) is 11.0. The van der Waals surface area contributed by atoms with Crippen molar-refractivity contribution in [2.45, 2.75) is 45.6 Å². The summed E-state index contributed by atoms with van der Waals surface area (Å²) >= 11 is 0. The molecule has 3 nitrogen and oxygen atoms in total. The highest BCUT2D eigenvalue weighted by atomic mass is 16.5. The maximum absolute atomic E-state index is 5.73. The Bertz CT molecular complexity index is 164. The molecule has 96 valence electrons. The van der Waals surface area contributed by atoms with Crippen LogP contribution in [-0.4, -0.2) is 50.3 Å². The lowest BCUT2D eigenvalue weighted by atomic mass is 10.2. The van der Waals surface area contributed by atoms with E-state index in [9.17, 15) is 0 Å². The average molecular weight is 228 g/mol. The van der Waals surface area contributed by atoms with Gasteiger partial charge in [0.25, 0.3) is 0 Å². The van der Waals surface area contributed by atoms with E-state index in [-0.39, 0.29) is 0 Å². The van der Waals surface area contributed by atoms with Gasteiger partial charge >= 0.3 is 0 Å². The first-order chi connectivity index (χ1) is 7.86. The van der Waals surface area contributed by atoms with Gasteiger partial charge in [-0.05, 0) is 19.5 Å². The number of likely N-dealkylation sites (N-methyl/N-ethyl adjacent to an activating group) is 1. The van der Waals surface area contributed by atoms with E-state index in [1.807, 2.05) is 0 Å². The van der Waals surface area contributed by atoms with E-state index in [1.54, 1.807) is 0 Å². The topological polar surface area (TPSA) is 24.5 Å². The molecule has 0 aromatic carbocycles. The molecule has 0 radical (unpaired) electrons. The lowest BCUT2D eigenvalue weighted by molar-refractivity contribution is -0.0251. The van der Waals surface area contributed by atoms with Crippen molar-refractivity contribution in [3.05, 3.63) is 0 Å². The molecule has 0 aromatic heterocycles. The second-order valence-electron chi connectivity index (χ2n) is 4.65. The van der Waals surface area contributed by atoms with Crippen LogP contribution in [0, 0.1) is 0 Å². The standard InChI is InChI=1S/C13H28N2O/c1-3-5-6-7-8-14-11-13-12-15(4-2)9-10-16-13/h13-14H,3-12H2,1-2H3. The molecule has 0 spiro atoms. The van der Waals surface area contributed by atoms with Crippen LogP contribution in [0.5, 0.6) is 0 Å². The van der Waals surface area contributed by atoms with E-state index in [2.05, 4.69) is 24.1 Å². The van der Waals surface area contributed by atoms with Gasteiger partial charge in [0, 0.05) is 19.6 Å². The van der Waals surface area contributed by atoms with Crippen molar-refractivity contribution < 1.29 is 4.74 Å². The molecule has 0 aliphatic carbocycles. The molecule has 1 N–H and O–H groups in total. The van der Waals surface area contributed by atoms with Crippen LogP contribution in [-0.2, 0) is 4.74 Å². The molecule has 1 aliphatic heterocycles. The largest absolute Gasteiger partial charge is 0.374 e. The highest BCUT2D eigenvalue weighted by Crippen LogP contribution is 2.04. The quantitative estimate of drug-likeness (QED) is 0.642. The summed E-state index contributed by atoms with van der Waals surface area (Å²) in [6.45, 7) is 10.9. The second-order valence-corrected chi connectivity index (χ2v) is 4.65. The summed E-state index contributed by atoms with van der Waals surface area (Å²) in [6, 6.07) is 0. The molecule has 0 bridgehead atoms. The number of nitrogens with one attached hydrogen (secondary N) is 1. The van der Waals surface area contributed by atoms with Gasteiger partial charge in [-0.2, -0.15) is 0 Å². The third-order valence-electron chi connectivity index (χ3n) is 3.25. The van der Waals surface area contributed by atoms with Crippen LogP contribution in [0.2, 0.25) is 0 Å². The second kappa shape index (κ2) is 8.97. The van der Waals surface area contributed by atoms with Gasteiger partial charge in [0.2, 0.25) is 0 Å². The lowest BCUT2D eigenvalue weighted by Gasteiger charge is -2.32. The molecule has 0 aromatic rings. The van der Waals surface area contributed by atoms with Gasteiger partial charge in [-0.1, -0.05) is 33.1 Å². The van der Waals surface area contributed by atoms with Crippen LogP contribution >= 0.6 is 0 Å². The Kier molecular flexibility index (Phi) is 7.81. The van der Waals surface area contributed by atoms with E-state index in [0.717, 1.165) is 39.3 Å². The molecule has 1 fully saturated rings. The molecule has 1 saturated heterocycles. The van der Waals surface area contributed by atoms with Crippen LogP contribution in [0.1, 0.15) is 39.5 Å². The number of rotatable bonds is 8. The Labute approximate surface area is 101 Å². The first kappa shape index (κ1) is 13.9. The highest BCUT2D eigenvalue weighted by molar-refractivity contribution is 4.72. The summed E-state index contributed by atoms with van der Waals surface area (Å²) in [5.74, 6) is 0. The van der Waals surface area contributed by atoms with Crippen molar-refractivity contribution in [3.8, 4) is 0 Å². The lowest BCUT2D eigenvalue weighted by Crippen LogP contribution is -2.46. The fourth-order valence-electron chi connectivity index (χ4n) is 2.13. The Balaban J connectivity index is 1.95.